The van der Waals surface area contributed by atoms with Crippen LogP contribution in [0.15, 0.2) is 53.9 Å². The zero-order valence-electron chi connectivity index (χ0n) is 16.9. The number of hydrogen-bond acceptors (Lipinski definition) is 6. The number of aliphatic imine (C=N–C) groups is 1. The van der Waals surface area contributed by atoms with E-state index in [1.165, 1.54) is 24.7 Å². The largest absolute Gasteiger partial charge is 0.366 e. The van der Waals surface area contributed by atoms with Gasteiger partial charge in [-0.15, -0.1) is 0 Å². The van der Waals surface area contributed by atoms with Crippen molar-refractivity contribution in [2.75, 3.05) is 35.3 Å². The van der Waals surface area contributed by atoms with Crippen LogP contribution < -0.4 is 15.1 Å². The molecule has 2 aliphatic heterocycles. The van der Waals surface area contributed by atoms with Crippen molar-refractivity contribution in [2.45, 2.75) is 12.5 Å². The van der Waals surface area contributed by atoms with Crippen molar-refractivity contribution in [3.63, 3.8) is 0 Å². The Morgan fingerprint density at radius 3 is 3.00 bits per heavy atom. The Kier molecular flexibility index (Phi) is 4.78. The van der Waals surface area contributed by atoms with Crippen molar-refractivity contribution >= 4 is 29.6 Å². The first-order valence-corrected chi connectivity index (χ1v) is 9.98. The number of pyridine rings is 1. The first-order chi connectivity index (χ1) is 15.1. The van der Waals surface area contributed by atoms with Crippen molar-refractivity contribution in [2.24, 2.45) is 4.99 Å². The molecule has 8 nitrogen and oxygen atoms in total. The molecule has 156 valence electrons. The second-order valence-electron chi connectivity index (χ2n) is 7.44. The van der Waals surface area contributed by atoms with Crippen LogP contribution in [0.5, 0.6) is 0 Å². The van der Waals surface area contributed by atoms with Gasteiger partial charge in [0.15, 0.2) is 11.6 Å². The van der Waals surface area contributed by atoms with Gasteiger partial charge in [0.2, 0.25) is 0 Å². The number of fused-ring (bicyclic) bond motifs is 4. The molecule has 2 aromatic heterocycles. The Balaban J connectivity index is 1.54. The number of aromatic nitrogens is 3. The Bertz CT molecular complexity index is 1170. The number of benzene rings is 1. The molecule has 1 fully saturated rings. The van der Waals surface area contributed by atoms with Crippen molar-refractivity contribution in [3.05, 3.63) is 60.3 Å². The van der Waals surface area contributed by atoms with Crippen LogP contribution in [0.3, 0.4) is 0 Å². The third kappa shape index (κ3) is 3.48. The topological polar surface area (TPSA) is 86.6 Å². The van der Waals surface area contributed by atoms with Gasteiger partial charge in [-0.05, 0) is 36.8 Å². The summed E-state index contributed by atoms with van der Waals surface area (Å²) in [5, 5.41) is 2.82. The molecule has 1 aromatic carbocycles. The molecule has 31 heavy (non-hydrogen) atoms. The van der Waals surface area contributed by atoms with Crippen LogP contribution in [0, 0.1) is 5.82 Å². The summed E-state index contributed by atoms with van der Waals surface area (Å²) in [5.74, 6) is 0.622. The Labute approximate surface area is 178 Å². The number of nitrogens with one attached hydrogen (secondary N) is 1. The van der Waals surface area contributed by atoms with E-state index in [2.05, 4.69) is 25.2 Å². The summed E-state index contributed by atoms with van der Waals surface area (Å²) in [6.07, 6.45) is 6.91. The van der Waals surface area contributed by atoms with Crippen LogP contribution in [-0.4, -0.2) is 53.4 Å². The maximum absolute atomic E-state index is 14.0. The summed E-state index contributed by atoms with van der Waals surface area (Å²) in [5.41, 5.74) is 2.70. The van der Waals surface area contributed by atoms with E-state index in [1.807, 2.05) is 12.1 Å². The highest BCUT2D eigenvalue weighted by Crippen LogP contribution is 2.40. The van der Waals surface area contributed by atoms with Gasteiger partial charge in [0, 0.05) is 49.9 Å². The first kappa shape index (κ1) is 19.1. The molecule has 5 rings (SSSR count). The van der Waals surface area contributed by atoms with Gasteiger partial charge in [-0.2, -0.15) is 0 Å². The summed E-state index contributed by atoms with van der Waals surface area (Å²) in [6.45, 7) is 1.62. The molecule has 2 aliphatic rings. The minimum atomic E-state index is -0.346. The number of rotatable bonds is 3. The van der Waals surface area contributed by atoms with E-state index in [-0.39, 0.29) is 17.9 Å². The molecule has 0 spiro atoms. The Morgan fingerprint density at radius 1 is 1.29 bits per heavy atom. The third-order valence-corrected chi connectivity index (χ3v) is 5.53. The van der Waals surface area contributed by atoms with E-state index >= 15 is 0 Å². The van der Waals surface area contributed by atoms with Gasteiger partial charge in [-0.3, -0.25) is 20.2 Å². The average molecular weight is 417 g/mol. The molecule has 0 unspecified atom stereocenters. The lowest BCUT2D eigenvalue weighted by Gasteiger charge is -2.35. The summed E-state index contributed by atoms with van der Waals surface area (Å²) < 4.78 is 14.0. The highest BCUT2D eigenvalue weighted by atomic mass is 19.1. The first-order valence-electron chi connectivity index (χ1n) is 9.98. The summed E-state index contributed by atoms with van der Waals surface area (Å²) in [7, 11) is 1.60. The molecule has 1 atom stereocenters. The minimum Gasteiger partial charge on any atom is -0.366 e. The molecule has 3 aromatic rings. The number of carbonyl (C=O) groups excluding carboxylic acids is 1. The normalized spacial score (nSPS) is 17.2. The molecule has 2 bridgehead atoms. The zero-order valence-corrected chi connectivity index (χ0v) is 16.9. The van der Waals surface area contributed by atoms with Crippen molar-refractivity contribution in [1.82, 2.24) is 15.0 Å². The molecular formula is C22H20FN7O. The van der Waals surface area contributed by atoms with Crippen LogP contribution in [0.2, 0.25) is 0 Å². The fourth-order valence-electron chi connectivity index (χ4n) is 4.11. The Morgan fingerprint density at radius 2 is 2.19 bits per heavy atom. The summed E-state index contributed by atoms with van der Waals surface area (Å²) in [6, 6.07) is 8.38. The van der Waals surface area contributed by atoms with Crippen molar-refractivity contribution < 1.29 is 9.18 Å². The lowest BCUT2D eigenvalue weighted by atomic mass is 10.1. The number of amides is 2. The SMILES string of the molecule is C/N=C/c1cc(-c2ccc3c(n2)N(C(=O)Nc2cnccn2)[C@H]2CCN3C2)ccc1F. The van der Waals surface area contributed by atoms with Gasteiger partial charge in [0.05, 0.1) is 23.6 Å². The number of halogens is 1. The highest BCUT2D eigenvalue weighted by molar-refractivity contribution is 6.04. The Hall–Kier alpha value is -3.88. The molecule has 9 heteroatoms. The van der Waals surface area contributed by atoms with Crippen LogP contribution in [0.1, 0.15) is 12.0 Å². The number of urea groups is 1. The smallest absolute Gasteiger partial charge is 0.329 e. The fraction of sp³-hybridized carbons (Fsp3) is 0.227. The molecule has 4 heterocycles. The molecule has 0 saturated carbocycles. The lowest BCUT2D eigenvalue weighted by molar-refractivity contribution is 0.254. The summed E-state index contributed by atoms with van der Waals surface area (Å²) in [4.78, 5) is 34.0. The molecule has 1 saturated heterocycles. The van der Waals surface area contributed by atoms with Gasteiger partial charge >= 0.3 is 6.03 Å². The third-order valence-electron chi connectivity index (χ3n) is 5.53. The number of hydrogen-bond donors (Lipinski definition) is 1. The summed E-state index contributed by atoms with van der Waals surface area (Å²) >= 11 is 0. The average Bonchev–Trinajstić information content (AvgIpc) is 3.20. The molecule has 0 radical (unpaired) electrons. The fourth-order valence-corrected chi connectivity index (χ4v) is 4.11. The zero-order chi connectivity index (χ0) is 21.4. The van der Waals surface area contributed by atoms with E-state index in [1.54, 1.807) is 30.3 Å². The number of nitrogens with zero attached hydrogens (tertiary/aromatic N) is 6. The van der Waals surface area contributed by atoms with E-state index in [0.29, 0.717) is 22.9 Å². The highest BCUT2D eigenvalue weighted by Gasteiger charge is 2.40. The van der Waals surface area contributed by atoms with Crippen molar-refractivity contribution in [3.8, 4) is 11.3 Å². The van der Waals surface area contributed by atoms with Crippen LogP contribution in [0.4, 0.5) is 26.5 Å². The molecule has 2 amide bonds. The van der Waals surface area contributed by atoms with E-state index in [9.17, 15) is 9.18 Å². The predicted octanol–water partition coefficient (Wildman–Crippen LogP) is 3.36. The monoisotopic (exact) mass is 417 g/mol. The van der Waals surface area contributed by atoms with Gasteiger partial charge in [-0.25, -0.2) is 19.2 Å². The van der Waals surface area contributed by atoms with E-state index < -0.39 is 0 Å². The van der Waals surface area contributed by atoms with Gasteiger partial charge in [0.1, 0.15) is 5.82 Å². The van der Waals surface area contributed by atoms with E-state index in [0.717, 1.165) is 30.8 Å². The van der Waals surface area contributed by atoms with Gasteiger partial charge < -0.3 is 4.90 Å². The number of anilines is 3. The van der Waals surface area contributed by atoms with Crippen LogP contribution in [-0.2, 0) is 0 Å². The van der Waals surface area contributed by atoms with Crippen molar-refractivity contribution in [1.29, 1.82) is 0 Å². The second-order valence-corrected chi connectivity index (χ2v) is 7.44. The van der Waals surface area contributed by atoms with Crippen LogP contribution in [0.25, 0.3) is 11.3 Å². The molecule has 0 aliphatic carbocycles. The van der Waals surface area contributed by atoms with E-state index in [4.69, 9.17) is 4.98 Å². The second kappa shape index (κ2) is 7.75. The number of carbonyl (C=O) groups is 1. The predicted molar refractivity (Wildman–Crippen MR) is 117 cm³/mol. The van der Waals surface area contributed by atoms with Gasteiger partial charge in [0.25, 0.3) is 0 Å². The maximum atomic E-state index is 14.0. The van der Waals surface area contributed by atoms with Gasteiger partial charge in [-0.1, -0.05) is 0 Å². The minimum absolute atomic E-state index is 0.0166. The standard InChI is InChI=1S/C22H20FN7O/c1-24-11-15-10-14(2-3-17(15)23)18-4-5-19-21(27-18)30(16-6-9-29(19)13-16)22(31)28-20-12-25-7-8-26-20/h2-5,7-8,10-12,16H,6,9,13H2,1H3,(H,26,28,31)/b24-11+/t16-/m0/s1. The molecular weight excluding hydrogens is 397 g/mol. The molecule has 1 N–H and O–H groups in total. The van der Waals surface area contributed by atoms with Crippen LogP contribution >= 0.6 is 0 Å². The maximum Gasteiger partial charge on any atom is 0.329 e. The quantitative estimate of drug-likeness (QED) is 0.661. The lowest BCUT2D eigenvalue weighted by Crippen LogP contribution is -2.48.